The maximum atomic E-state index is 5.58. The number of nitrogens with one attached hydrogen (secondary N) is 1. The summed E-state index contributed by atoms with van der Waals surface area (Å²) in [5.41, 5.74) is 6.92. The summed E-state index contributed by atoms with van der Waals surface area (Å²) in [4.78, 5) is 0. The summed E-state index contributed by atoms with van der Waals surface area (Å²) in [5, 5.41) is 3.45. The average Bonchev–Trinajstić information content (AvgIpc) is 2.40. The van der Waals surface area contributed by atoms with Crippen LogP contribution in [0.5, 0.6) is 5.75 Å². The standard InChI is InChI=1S/C15H26N2O/c1-3-18-15-6-4-14(5-7-15)9-11-17-10-8-13(2)12-16/h4-7,13,17H,3,8-12,16H2,1-2H3. The predicted molar refractivity (Wildman–Crippen MR) is 77.0 cm³/mol. The second kappa shape index (κ2) is 8.95. The van der Waals surface area contributed by atoms with E-state index in [0.29, 0.717) is 5.92 Å². The lowest BCUT2D eigenvalue weighted by Gasteiger charge is -2.09. The molecule has 0 fully saturated rings. The van der Waals surface area contributed by atoms with Crippen LogP contribution in [0.1, 0.15) is 25.8 Å². The van der Waals surface area contributed by atoms with Gasteiger partial charge in [-0.1, -0.05) is 19.1 Å². The Hall–Kier alpha value is -1.06. The highest BCUT2D eigenvalue weighted by molar-refractivity contribution is 5.27. The predicted octanol–water partition coefficient (Wildman–Crippen LogP) is 2.20. The van der Waals surface area contributed by atoms with E-state index in [4.69, 9.17) is 10.5 Å². The molecule has 1 aromatic rings. The van der Waals surface area contributed by atoms with Gasteiger partial charge in [-0.2, -0.15) is 0 Å². The Morgan fingerprint density at radius 3 is 2.56 bits per heavy atom. The molecule has 0 aromatic heterocycles. The third-order valence-corrected chi connectivity index (χ3v) is 3.04. The lowest BCUT2D eigenvalue weighted by Crippen LogP contribution is -2.22. The van der Waals surface area contributed by atoms with Gasteiger partial charge in [-0.3, -0.25) is 0 Å². The van der Waals surface area contributed by atoms with Gasteiger partial charge in [0.05, 0.1) is 6.61 Å². The largest absolute Gasteiger partial charge is 0.494 e. The minimum absolute atomic E-state index is 0.614. The van der Waals surface area contributed by atoms with Crippen molar-refractivity contribution in [2.45, 2.75) is 26.7 Å². The first-order valence-electron chi connectivity index (χ1n) is 6.88. The van der Waals surface area contributed by atoms with Gasteiger partial charge in [0, 0.05) is 0 Å². The highest BCUT2D eigenvalue weighted by Crippen LogP contribution is 2.12. The van der Waals surface area contributed by atoms with Crippen LogP contribution in [-0.4, -0.2) is 26.2 Å². The molecular formula is C15H26N2O. The molecule has 0 radical (unpaired) electrons. The molecule has 3 nitrogen and oxygen atoms in total. The Bertz CT molecular complexity index is 311. The van der Waals surface area contributed by atoms with Gasteiger partial charge < -0.3 is 15.8 Å². The van der Waals surface area contributed by atoms with Gasteiger partial charge >= 0.3 is 0 Å². The van der Waals surface area contributed by atoms with Crippen molar-refractivity contribution < 1.29 is 4.74 Å². The second-order valence-electron chi connectivity index (χ2n) is 4.71. The van der Waals surface area contributed by atoms with Crippen LogP contribution in [0.2, 0.25) is 0 Å². The summed E-state index contributed by atoms with van der Waals surface area (Å²) in [6.45, 7) is 7.76. The molecule has 1 unspecified atom stereocenters. The SMILES string of the molecule is CCOc1ccc(CCNCCC(C)CN)cc1. The summed E-state index contributed by atoms with van der Waals surface area (Å²) < 4.78 is 5.42. The van der Waals surface area contributed by atoms with E-state index in [2.05, 4.69) is 24.4 Å². The first kappa shape index (κ1) is 15.0. The van der Waals surface area contributed by atoms with Crippen LogP contribution in [0.3, 0.4) is 0 Å². The topological polar surface area (TPSA) is 47.3 Å². The Balaban J connectivity index is 2.15. The highest BCUT2D eigenvalue weighted by atomic mass is 16.5. The highest BCUT2D eigenvalue weighted by Gasteiger charge is 1.98. The third kappa shape index (κ3) is 6.03. The molecule has 102 valence electrons. The summed E-state index contributed by atoms with van der Waals surface area (Å²) in [7, 11) is 0. The van der Waals surface area contributed by atoms with Crippen molar-refractivity contribution in [3.8, 4) is 5.75 Å². The van der Waals surface area contributed by atoms with E-state index in [1.807, 2.05) is 19.1 Å². The normalized spacial score (nSPS) is 12.4. The Kier molecular flexibility index (Phi) is 7.46. The van der Waals surface area contributed by atoms with E-state index in [1.54, 1.807) is 0 Å². The van der Waals surface area contributed by atoms with Crippen molar-refractivity contribution in [2.75, 3.05) is 26.2 Å². The Morgan fingerprint density at radius 1 is 1.22 bits per heavy atom. The fourth-order valence-corrected chi connectivity index (χ4v) is 1.74. The fraction of sp³-hybridized carbons (Fsp3) is 0.600. The van der Waals surface area contributed by atoms with Gasteiger partial charge in [0.25, 0.3) is 0 Å². The van der Waals surface area contributed by atoms with E-state index in [-0.39, 0.29) is 0 Å². The van der Waals surface area contributed by atoms with Crippen LogP contribution in [0.4, 0.5) is 0 Å². The van der Waals surface area contributed by atoms with Crippen LogP contribution in [0, 0.1) is 5.92 Å². The molecule has 0 aliphatic rings. The van der Waals surface area contributed by atoms with Gasteiger partial charge in [-0.25, -0.2) is 0 Å². The zero-order valence-corrected chi connectivity index (χ0v) is 11.6. The molecule has 0 bridgehead atoms. The molecule has 0 saturated carbocycles. The van der Waals surface area contributed by atoms with Crippen LogP contribution >= 0.6 is 0 Å². The average molecular weight is 250 g/mol. The second-order valence-corrected chi connectivity index (χ2v) is 4.71. The van der Waals surface area contributed by atoms with Gasteiger partial charge in [0.15, 0.2) is 0 Å². The lowest BCUT2D eigenvalue weighted by molar-refractivity contribution is 0.340. The van der Waals surface area contributed by atoms with Gasteiger partial charge in [-0.15, -0.1) is 0 Å². The van der Waals surface area contributed by atoms with Crippen molar-refractivity contribution in [3.05, 3.63) is 29.8 Å². The van der Waals surface area contributed by atoms with E-state index < -0.39 is 0 Å². The minimum Gasteiger partial charge on any atom is -0.494 e. The molecule has 0 aliphatic carbocycles. The molecule has 0 amide bonds. The van der Waals surface area contributed by atoms with E-state index >= 15 is 0 Å². The molecule has 3 heteroatoms. The molecule has 0 saturated heterocycles. The first-order chi connectivity index (χ1) is 8.76. The summed E-state index contributed by atoms with van der Waals surface area (Å²) in [5.74, 6) is 1.56. The molecule has 0 aliphatic heterocycles. The number of nitrogens with two attached hydrogens (primary N) is 1. The van der Waals surface area contributed by atoms with Gasteiger partial charge in [0.2, 0.25) is 0 Å². The lowest BCUT2D eigenvalue weighted by atomic mass is 10.1. The van der Waals surface area contributed by atoms with Gasteiger partial charge in [-0.05, 0) is 63.0 Å². The number of rotatable bonds is 9. The van der Waals surface area contributed by atoms with Crippen molar-refractivity contribution in [1.82, 2.24) is 5.32 Å². The summed E-state index contributed by atoms with van der Waals surface area (Å²) in [6, 6.07) is 8.34. The molecular weight excluding hydrogens is 224 g/mol. The number of hydrogen-bond acceptors (Lipinski definition) is 3. The molecule has 1 aromatic carbocycles. The monoisotopic (exact) mass is 250 g/mol. The van der Waals surface area contributed by atoms with Crippen molar-refractivity contribution >= 4 is 0 Å². The van der Waals surface area contributed by atoms with E-state index in [0.717, 1.165) is 44.8 Å². The molecule has 3 N–H and O–H groups in total. The summed E-state index contributed by atoms with van der Waals surface area (Å²) in [6.07, 6.45) is 2.21. The van der Waals surface area contributed by atoms with Crippen LogP contribution in [-0.2, 0) is 6.42 Å². The maximum Gasteiger partial charge on any atom is 0.119 e. The molecule has 1 rings (SSSR count). The van der Waals surface area contributed by atoms with Crippen LogP contribution in [0.25, 0.3) is 0 Å². The molecule has 0 spiro atoms. The van der Waals surface area contributed by atoms with Crippen molar-refractivity contribution in [1.29, 1.82) is 0 Å². The first-order valence-corrected chi connectivity index (χ1v) is 6.88. The van der Waals surface area contributed by atoms with Gasteiger partial charge in [0.1, 0.15) is 5.75 Å². The molecule has 0 heterocycles. The zero-order valence-electron chi connectivity index (χ0n) is 11.6. The van der Waals surface area contributed by atoms with E-state index in [1.165, 1.54) is 5.56 Å². The number of hydrogen-bond donors (Lipinski definition) is 2. The molecule has 18 heavy (non-hydrogen) atoms. The van der Waals surface area contributed by atoms with Crippen molar-refractivity contribution in [3.63, 3.8) is 0 Å². The number of ether oxygens (including phenoxy) is 1. The Morgan fingerprint density at radius 2 is 1.94 bits per heavy atom. The fourth-order valence-electron chi connectivity index (χ4n) is 1.74. The quantitative estimate of drug-likeness (QED) is 0.661. The minimum atomic E-state index is 0.614. The molecule has 1 atom stereocenters. The van der Waals surface area contributed by atoms with Crippen LogP contribution in [0.15, 0.2) is 24.3 Å². The van der Waals surface area contributed by atoms with Crippen LogP contribution < -0.4 is 15.8 Å². The third-order valence-electron chi connectivity index (χ3n) is 3.04. The Labute approximate surface area is 111 Å². The maximum absolute atomic E-state index is 5.58. The summed E-state index contributed by atoms with van der Waals surface area (Å²) >= 11 is 0. The smallest absolute Gasteiger partial charge is 0.119 e. The number of benzene rings is 1. The van der Waals surface area contributed by atoms with Crippen molar-refractivity contribution in [2.24, 2.45) is 11.7 Å². The van der Waals surface area contributed by atoms with E-state index in [9.17, 15) is 0 Å². The zero-order chi connectivity index (χ0) is 13.2.